The number of amides is 1. The van der Waals surface area contributed by atoms with Crippen molar-refractivity contribution in [2.24, 2.45) is 0 Å². The third-order valence-electron chi connectivity index (χ3n) is 4.54. The Labute approximate surface area is 159 Å². The summed E-state index contributed by atoms with van der Waals surface area (Å²) in [5, 5.41) is 0.651. The van der Waals surface area contributed by atoms with Gasteiger partial charge in [0, 0.05) is 56.7 Å². The fraction of sp³-hybridized carbons (Fsp3) is 0.350. The largest absolute Gasteiger partial charge is 0.484 e. The lowest BCUT2D eigenvalue weighted by molar-refractivity contribution is -0.133. The maximum absolute atomic E-state index is 12.4. The zero-order chi connectivity index (χ0) is 18.5. The average Bonchev–Trinajstić information content (AvgIpc) is 2.67. The first-order valence-electron chi connectivity index (χ1n) is 8.71. The number of piperazine rings is 1. The molecular weight excluding hydrogens is 350 g/mol. The van der Waals surface area contributed by atoms with E-state index in [0.717, 1.165) is 13.1 Å². The lowest BCUT2D eigenvalue weighted by atomic mass is 10.2. The van der Waals surface area contributed by atoms with E-state index in [4.69, 9.17) is 16.3 Å². The molecule has 26 heavy (non-hydrogen) atoms. The summed E-state index contributed by atoms with van der Waals surface area (Å²) in [4.78, 5) is 18.6. The smallest absolute Gasteiger partial charge is 0.260 e. The quantitative estimate of drug-likeness (QED) is 0.806. The Morgan fingerprint density at radius 3 is 2.19 bits per heavy atom. The molecule has 0 bridgehead atoms. The van der Waals surface area contributed by atoms with Crippen LogP contribution in [0.2, 0.25) is 5.02 Å². The topological polar surface area (TPSA) is 36.0 Å². The second-order valence-corrected chi connectivity index (χ2v) is 6.96. The fourth-order valence-corrected chi connectivity index (χ4v) is 3.07. The lowest BCUT2D eigenvalue weighted by Crippen LogP contribution is -2.50. The first-order chi connectivity index (χ1) is 12.5. The van der Waals surface area contributed by atoms with Gasteiger partial charge in [-0.15, -0.1) is 0 Å². The van der Waals surface area contributed by atoms with Crippen LogP contribution in [-0.4, -0.2) is 57.7 Å². The van der Waals surface area contributed by atoms with Crippen molar-refractivity contribution in [3.05, 3.63) is 53.6 Å². The molecule has 0 atom stereocenters. The number of ether oxygens (including phenoxy) is 1. The minimum Gasteiger partial charge on any atom is -0.484 e. The molecule has 3 rings (SSSR count). The van der Waals surface area contributed by atoms with Crippen LogP contribution >= 0.6 is 11.6 Å². The third kappa shape index (κ3) is 4.61. The van der Waals surface area contributed by atoms with Gasteiger partial charge in [-0.2, -0.15) is 0 Å². The van der Waals surface area contributed by atoms with E-state index in [1.807, 2.05) is 19.0 Å². The van der Waals surface area contributed by atoms with Crippen LogP contribution in [0.3, 0.4) is 0 Å². The van der Waals surface area contributed by atoms with E-state index in [1.54, 1.807) is 24.3 Å². The molecule has 2 aromatic carbocycles. The molecule has 0 N–H and O–H groups in total. The summed E-state index contributed by atoms with van der Waals surface area (Å²) in [6, 6.07) is 15.5. The van der Waals surface area contributed by atoms with Gasteiger partial charge in [0.1, 0.15) is 5.75 Å². The summed E-state index contributed by atoms with van der Waals surface area (Å²) in [5.41, 5.74) is 2.38. The molecule has 1 amide bonds. The average molecular weight is 374 g/mol. The second kappa shape index (κ2) is 8.32. The summed E-state index contributed by atoms with van der Waals surface area (Å²) < 4.78 is 5.55. The van der Waals surface area contributed by atoms with Crippen LogP contribution in [-0.2, 0) is 4.79 Å². The van der Waals surface area contributed by atoms with Gasteiger partial charge >= 0.3 is 0 Å². The van der Waals surface area contributed by atoms with Gasteiger partial charge in [-0.3, -0.25) is 4.79 Å². The lowest BCUT2D eigenvalue weighted by Gasteiger charge is -2.36. The normalized spacial score (nSPS) is 14.3. The van der Waals surface area contributed by atoms with Crippen molar-refractivity contribution in [1.29, 1.82) is 0 Å². The predicted molar refractivity (Wildman–Crippen MR) is 107 cm³/mol. The Hall–Kier alpha value is -2.40. The van der Waals surface area contributed by atoms with Crippen molar-refractivity contribution in [2.45, 2.75) is 0 Å². The summed E-state index contributed by atoms with van der Waals surface area (Å²) in [6.07, 6.45) is 0. The first kappa shape index (κ1) is 18.4. The van der Waals surface area contributed by atoms with Crippen LogP contribution in [0.25, 0.3) is 0 Å². The minimum atomic E-state index is 0.0163. The van der Waals surface area contributed by atoms with Crippen molar-refractivity contribution in [1.82, 2.24) is 4.90 Å². The Bertz CT molecular complexity index is 724. The number of carbonyl (C=O) groups is 1. The molecule has 1 heterocycles. The van der Waals surface area contributed by atoms with Gasteiger partial charge in [-0.05, 0) is 48.5 Å². The highest BCUT2D eigenvalue weighted by molar-refractivity contribution is 6.30. The van der Waals surface area contributed by atoms with E-state index >= 15 is 0 Å². The van der Waals surface area contributed by atoms with Crippen molar-refractivity contribution in [2.75, 3.05) is 56.7 Å². The summed E-state index contributed by atoms with van der Waals surface area (Å²) >= 11 is 5.85. The first-order valence-corrected chi connectivity index (χ1v) is 9.09. The van der Waals surface area contributed by atoms with Crippen molar-refractivity contribution in [3.8, 4) is 5.75 Å². The number of halogens is 1. The van der Waals surface area contributed by atoms with Gasteiger partial charge in [0.2, 0.25) is 0 Å². The van der Waals surface area contributed by atoms with Crippen LogP contribution in [0.15, 0.2) is 48.5 Å². The van der Waals surface area contributed by atoms with Gasteiger partial charge < -0.3 is 19.4 Å². The third-order valence-corrected chi connectivity index (χ3v) is 4.79. The van der Waals surface area contributed by atoms with Gasteiger partial charge in [0.05, 0.1) is 0 Å². The number of hydrogen-bond donors (Lipinski definition) is 0. The maximum atomic E-state index is 12.4. The van der Waals surface area contributed by atoms with E-state index in [-0.39, 0.29) is 12.5 Å². The molecule has 0 saturated carbocycles. The highest BCUT2D eigenvalue weighted by Gasteiger charge is 2.21. The number of rotatable bonds is 5. The Kier molecular flexibility index (Phi) is 5.89. The predicted octanol–water partition coefficient (Wildman–Crippen LogP) is 3.13. The molecule has 2 aromatic rings. The monoisotopic (exact) mass is 373 g/mol. The number of benzene rings is 2. The summed E-state index contributed by atoms with van der Waals surface area (Å²) in [6.45, 7) is 3.12. The minimum absolute atomic E-state index is 0.0163. The molecule has 0 radical (unpaired) electrons. The fourth-order valence-electron chi connectivity index (χ4n) is 2.94. The molecule has 0 aliphatic carbocycles. The van der Waals surface area contributed by atoms with E-state index in [2.05, 4.69) is 34.1 Å². The number of hydrogen-bond acceptors (Lipinski definition) is 4. The second-order valence-electron chi connectivity index (χ2n) is 6.52. The SMILES string of the molecule is CN(C)c1ccc(N2CCN(C(=O)COc3ccc(Cl)cc3)CC2)cc1. The Morgan fingerprint density at radius 2 is 1.62 bits per heavy atom. The van der Waals surface area contributed by atoms with Crippen molar-refractivity contribution < 1.29 is 9.53 Å². The summed E-state index contributed by atoms with van der Waals surface area (Å²) in [5.74, 6) is 0.671. The van der Waals surface area contributed by atoms with Crippen LogP contribution in [0.5, 0.6) is 5.75 Å². The molecule has 6 heteroatoms. The van der Waals surface area contributed by atoms with Crippen molar-refractivity contribution in [3.63, 3.8) is 0 Å². The Morgan fingerprint density at radius 1 is 1.00 bits per heavy atom. The van der Waals surface area contributed by atoms with Crippen molar-refractivity contribution >= 4 is 28.9 Å². The molecule has 0 unspecified atom stereocenters. The number of nitrogens with zero attached hydrogens (tertiary/aromatic N) is 3. The van der Waals surface area contributed by atoms with Crippen LogP contribution in [0, 0.1) is 0 Å². The molecule has 1 aliphatic heterocycles. The van der Waals surface area contributed by atoms with E-state index in [1.165, 1.54) is 11.4 Å². The zero-order valence-corrected chi connectivity index (χ0v) is 15.9. The molecule has 1 fully saturated rings. The Balaban J connectivity index is 1.48. The molecule has 1 aliphatic rings. The van der Waals surface area contributed by atoms with Crippen LogP contribution in [0.4, 0.5) is 11.4 Å². The molecular formula is C20H24ClN3O2. The van der Waals surface area contributed by atoms with Gasteiger partial charge in [0.25, 0.3) is 5.91 Å². The molecule has 0 spiro atoms. The highest BCUT2D eigenvalue weighted by atomic mass is 35.5. The van der Waals surface area contributed by atoms with E-state index in [0.29, 0.717) is 23.9 Å². The van der Waals surface area contributed by atoms with Gasteiger partial charge in [0.15, 0.2) is 6.61 Å². The van der Waals surface area contributed by atoms with Crippen LogP contribution < -0.4 is 14.5 Å². The zero-order valence-electron chi connectivity index (χ0n) is 15.2. The number of carbonyl (C=O) groups excluding carboxylic acids is 1. The van der Waals surface area contributed by atoms with Gasteiger partial charge in [-0.25, -0.2) is 0 Å². The van der Waals surface area contributed by atoms with E-state index < -0.39 is 0 Å². The standard InChI is InChI=1S/C20H24ClN3O2/c1-22(2)17-5-7-18(8-6-17)23-11-13-24(14-12-23)20(25)15-26-19-9-3-16(21)4-10-19/h3-10H,11-15H2,1-2H3. The number of anilines is 2. The molecule has 138 valence electrons. The molecule has 0 aromatic heterocycles. The summed E-state index contributed by atoms with van der Waals surface area (Å²) in [7, 11) is 4.07. The van der Waals surface area contributed by atoms with Gasteiger partial charge in [-0.1, -0.05) is 11.6 Å². The molecule has 5 nitrogen and oxygen atoms in total. The highest BCUT2D eigenvalue weighted by Crippen LogP contribution is 2.21. The van der Waals surface area contributed by atoms with Crippen LogP contribution in [0.1, 0.15) is 0 Å². The van der Waals surface area contributed by atoms with E-state index in [9.17, 15) is 4.79 Å². The molecule has 1 saturated heterocycles. The maximum Gasteiger partial charge on any atom is 0.260 e.